The molecule has 1 atom stereocenters. The average Bonchev–Trinajstić information content (AvgIpc) is 2.85. The van der Waals surface area contributed by atoms with Crippen LogP contribution in [0.25, 0.3) is 0 Å². The molecule has 2 aromatic heterocycles. The smallest absolute Gasteiger partial charge is 0.0959 e. The highest BCUT2D eigenvalue weighted by molar-refractivity contribution is 5.11. The molecular formula is C13H17N3O. The number of hydrogen-bond donors (Lipinski definition) is 1. The Kier molecular flexibility index (Phi) is 3.88. The van der Waals surface area contributed by atoms with Crippen molar-refractivity contribution in [3.8, 4) is 0 Å². The molecule has 17 heavy (non-hydrogen) atoms. The van der Waals surface area contributed by atoms with Gasteiger partial charge >= 0.3 is 0 Å². The SMILES string of the molecule is CCn1nccc1C(O)CCc1ccncc1. The van der Waals surface area contributed by atoms with Gasteiger partial charge in [-0.1, -0.05) is 0 Å². The number of rotatable bonds is 5. The minimum absolute atomic E-state index is 0.453. The van der Waals surface area contributed by atoms with Crippen molar-refractivity contribution in [1.82, 2.24) is 14.8 Å². The summed E-state index contributed by atoms with van der Waals surface area (Å²) < 4.78 is 1.83. The molecule has 90 valence electrons. The lowest BCUT2D eigenvalue weighted by Gasteiger charge is -2.12. The molecule has 0 aliphatic carbocycles. The molecule has 0 aliphatic heterocycles. The van der Waals surface area contributed by atoms with E-state index >= 15 is 0 Å². The van der Waals surface area contributed by atoms with E-state index in [1.54, 1.807) is 18.6 Å². The maximum Gasteiger partial charge on any atom is 0.0959 e. The first kappa shape index (κ1) is 11.8. The molecule has 0 radical (unpaired) electrons. The van der Waals surface area contributed by atoms with Gasteiger partial charge in [-0.15, -0.1) is 0 Å². The fraction of sp³-hybridized carbons (Fsp3) is 0.385. The molecule has 0 bridgehead atoms. The monoisotopic (exact) mass is 231 g/mol. The third-order valence-corrected chi connectivity index (χ3v) is 2.85. The highest BCUT2D eigenvalue weighted by atomic mass is 16.3. The summed E-state index contributed by atoms with van der Waals surface area (Å²) in [5, 5.41) is 14.3. The molecule has 2 rings (SSSR count). The van der Waals surface area contributed by atoms with Crippen LogP contribution in [0, 0.1) is 0 Å². The first-order valence-electron chi connectivity index (χ1n) is 5.90. The summed E-state index contributed by atoms with van der Waals surface area (Å²) in [6.45, 7) is 2.81. The summed E-state index contributed by atoms with van der Waals surface area (Å²) in [4.78, 5) is 3.97. The Morgan fingerprint density at radius 2 is 2.00 bits per heavy atom. The molecule has 2 aromatic rings. The van der Waals surface area contributed by atoms with E-state index in [2.05, 4.69) is 10.1 Å². The van der Waals surface area contributed by atoms with Crippen molar-refractivity contribution in [3.05, 3.63) is 48.0 Å². The van der Waals surface area contributed by atoms with Crippen LogP contribution in [0.1, 0.15) is 30.7 Å². The number of aliphatic hydroxyl groups is 1. The quantitative estimate of drug-likeness (QED) is 0.855. The van der Waals surface area contributed by atoms with Crippen molar-refractivity contribution in [1.29, 1.82) is 0 Å². The van der Waals surface area contributed by atoms with Gasteiger partial charge in [-0.05, 0) is 43.5 Å². The van der Waals surface area contributed by atoms with E-state index in [1.165, 1.54) is 5.56 Å². The summed E-state index contributed by atoms with van der Waals surface area (Å²) in [5.41, 5.74) is 2.09. The summed E-state index contributed by atoms with van der Waals surface area (Å²) in [6, 6.07) is 5.83. The standard InChI is InChI=1S/C13H17N3O/c1-2-16-12(7-10-15-16)13(17)4-3-11-5-8-14-9-6-11/h5-10,13,17H,2-4H2,1H3. The van der Waals surface area contributed by atoms with Crippen molar-refractivity contribution in [2.24, 2.45) is 0 Å². The van der Waals surface area contributed by atoms with E-state index in [0.717, 1.165) is 18.7 Å². The van der Waals surface area contributed by atoms with Crippen LogP contribution in [-0.4, -0.2) is 19.9 Å². The molecular weight excluding hydrogens is 214 g/mol. The zero-order valence-electron chi connectivity index (χ0n) is 9.95. The third-order valence-electron chi connectivity index (χ3n) is 2.85. The highest BCUT2D eigenvalue weighted by Crippen LogP contribution is 2.18. The fourth-order valence-corrected chi connectivity index (χ4v) is 1.89. The Morgan fingerprint density at radius 1 is 1.24 bits per heavy atom. The van der Waals surface area contributed by atoms with E-state index in [0.29, 0.717) is 6.42 Å². The van der Waals surface area contributed by atoms with Crippen molar-refractivity contribution in [3.63, 3.8) is 0 Å². The molecule has 1 unspecified atom stereocenters. The summed E-state index contributed by atoms with van der Waals surface area (Å²) in [5.74, 6) is 0. The van der Waals surface area contributed by atoms with Gasteiger partial charge in [0.1, 0.15) is 0 Å². The molecule has 4 heteroatoms. The van der Waals surface area contributed by atoms with Gasteiger partial charge in [0.2, 0.25) is 0 Å². The second-order valence-electron chi connectivity index (χ2n) is 3.98. The lowest BCUT2D eigenvalue weighted by molar-refractivity contribution is 0.157. The fourth-order valence-electron chi connectivity index (χ4n) is 1.89. The van der Waals surface area contributed by atoms with Crippen molar-refractivity contribution >= 4 is 0 Å². The predicted octanol–water partition coefficient (Wildman–Crippen LogP) is 1.96. The van der Waals surface area contributed by atoms with Crippen LogP contribution in [0.5, 0.6) is 0 Å². The van der Waals surface area contributed by atoms with Crippen LogP contribution in [0.15, 0.2) is 36.8 Å². The number of aryl methyl sites for hydroxylation is 2. The van der Waals surface area contributed by atoms with Gasteiger partial charge < -0.3 is 5.11 Å². The van der Waals surface area contributed by atoms with Gasteiger partial charge in [-0.3, -0.25) is 9.67 Å². The van der Waals surface area contributed by atoms with Crippen LogP contribution >= 0.6 is 0 Å². The zero-order chi connectivity index (χ0) is 12.1. The second kappa shape index (κ2) is 5.59. The number of aliphatic hydroxyl groups excluding tert-OH is 1. The van der Waals surface area contributed by atoms with Gasteiger partial charge in [0, 0.05) is 25.1 Å². The van der Waals surface area contributed by atoms with E-state index in [1.807, 2.05) is 29.8 Å². The highest BCUT2D eigenvalue weighted by Gasteiger charge is 2.12. The molecule has 0 amide bonds. The Bertz CT molecular complexity index is 453. The first-order valence-corrected chi connectivity index (χ1v) is 5.90. The van der Waals surface area contributed by atoms with E-state index in [4.69, 9.17) is 0 Å². The normalized spacial score (nSPS) is 12.6. The summed E-state index contributed by atoms with van der Waals surface area (Å²) >= 11 is 0. The number of nitrogens with zero attached hydrogens (tertiary/aromatic N) is 3. The van der Waals surface area contributed by atoms with Crippen LogP contribution in [0.2, 0.25) is 0 Å². The van der Waals surface area contributed by atoms with Gasteiger partial charge in [0.05, 0.1) is 11.8 Å². The minimum atomic E-state index is -0.453. The molecule has 0 fully saturated rings. The third kappa shape index (κ3) is 2.91. The Labute approximate surface area is 101 Å². The zero-order valence-corrected chi connectivity index (χ0v) is 9.95. The Hall–Kier alpha value is -1.68. The number of hydrogen-bond acceptors (Lipinski definition) is 3. The van der Waals surface area contributed by atoms with Crippen LogP contribution in [-0.2, 0) is 13.0 Å². The van der Waals surface area contributed by atoms with Crippen LogP contribution < -0.4 is 0 Å². The van der Waals surface area contributed by atoms with Crippen molar-refractivity contribution in [2.75, 3.05) is 0 Å². The molecule has 0 saturated carbocycles. The first-order chi connectivity index (χ1) is 8.31. The van der Waals surface area contributed by atoms with Crippen LogP contribution in [0.4, 0.5) is 0 Å². The van der Waals surface area contributed by atoms with Gasteiger partial charge in [-0.25, -0.2) is 0 Å². The van der Waals surface area contributed by atoms with Gasteiger partial charge in [-0.2, -0.15) is 5.10 Å². The molecule has 0 spiro atoms. The molecule has 0 saturated heterocycles. The topological polar surface area (TPSA) is 50.9 Å². The van der Waals surface area contributed by atoms with E-state index in [9.17, 15) is 5.11 Å². The van der Waals surface area contributed by atoms with E-state index in [-0.39, 0.29) is 0 Å². The lowest BCUT2D eigenvalue weighted by atomic mass is 10.1. The van der Waals surface area contributed by atoms with Gasteiger partial charge in [0.25, 0.3) is 0 Å². The lowest BCUT2D eigenvalue weighted by Crippen LogP contribution is -2.08. The summed E-state index contributed by atoms with van der Waals surface area (Å²) in [6.07, 6.45) is 6.38. The molecule has 0 aliphatic rings. The molecule has 0 aromatic carbocycles. The summed E-state index contributed by atoms with van der Waals surface area (Å²) in [7, 11) is 0. The maximum absolute atomic E-state index is 10.1. The second-order valence-corrected chi connectivity index (χ2v) is 3.98. The predicted molar refractivity (Wildman–Crippen MR) is 65.4 cm³/mol. The maximum atomic E-state index is 10.1. The number of pyridine rings is 1. The van der Waals surface area contributed by atoms with Gasteiger partial charge in [0.15, 0.2) is 0 Å². The number of aromatic nitrogens is 3. The molecule has 2 heterocycles. The average molecular weight is 231 g/mol. The largest absolute Gasteiger partial charge is 0.387 e. The van der Waals surface area contributed by atoms with Crippen molar-refractivity contribution in [2.45, 2.75) is 32.4 Å². The van der Waals surface area contributed by atoms with Crippen LogP contribution in [0.3, 0.4) is 0 Å². The van der Waals surface area contributed by atoms with Crippen molar-refractivity contribution < 1.29 is 5.11 Å². The minimum Gasteiger partial charge on any atom is -0.387 e. The van der Waals surface area contributed by atoms with E-state index < -0.39 is 6.10 Å². The Balaban J connectivity index is 1.96. The molecule has 4 nitrogen and oxygen atoms in total. The Morgan fingerprint density at radius 3 is 2.71 bits per heavy atom. The molecule has 1 N–H and O–H groups in total.